The van der Waals surface area contributed by atoms with Gasteiger partial charge >= 0.3 is 0 Å². The van der Waals surface area contributed by atoms with Crippen molar-refractivity contribution >= 4 is 17.3 Å². The van der Waals surface area contributed by atoms with E-state index in [4.69, 9.17) is 10.5 Å². The Morgan fingerprint density at radius 1 is 1.45 bits per heavy atom. The third-order valence-electron chi connectivity index (χ3n) is 2.74. The highest BCUT2D eigenvalue weighted by Crippen LogP contribution is 2.23. The van der Waals surface area contributed by atoms with Gasteiger partial charge in [0.2, 0.25) is 0 Å². The molecule has 6 heteroatoms. The van der Waals surface area contributed by atoms with Gasteiger partial charge in [-0.15, -0.1) is 0 Å². The van der Waals surface area contributed by atoms with Crippen LogP contribution in [0.4, 0.5) is 11.4 Å². The van der Waals surface area contributed by atoms with Crippen LogP contribution in [0.25, 0.3) is 0 Å². The summed E-state index contributed by atoms with van der Waals surface area (Å²) in [4.78, 5) is 14.7. The van der Waals surface area contributed by atoms with Crippen molar-refractivity contribution in [1.29, 1.82) is 0 Å². The van der Waals surface area contributed by atoms with E-state index >= 15 is 0 Å². The second-order valence-corrected chi connectivity index (χ2v) is 4.21. The molecule has 20 heavy (non-hydrogen) atoms. The van der Waals surface area contributed by atoms with Gasteiger partial charge in [0, 0.05) is 23.1 Å². The van der Waals surface area contributed by atoms with Crippen LogP contribution in [0.3, 0.4) is 0 Å². The van der Waals surface area contributed by atoms with Gasteiger partial charge in [-0.3, -0.25) is 4.79 Å². The number of rotatable bonds is 5. The molecule has 0 saturated carbocycles. The molecule has 106 valence electrons. The lowest BCUT2D eigenvalue weighted by Crippen LogP contribution is -2.12. The van der Waals surface area contributed by atoms with Gasteiger partial charge in [-0.05, 0) is 31.2 Å². The summed E-state index contributed by atoms with van der Waals surface area (Å²) in [5.41, 5.74) is 7.62. The molecule has 1 aromatic carbocycles. The van der Waals surface area contributed by atoms with Crippen LogP contribution in [0.1, 0.15) is 23.0 Å². The maximum absolute atomic E-state index is 11.9. The quantitative estimate of drug-likeness (QED) is 0.667. The summed E-state index contributed by atoms with van der Waals surface area (Å²) >= 11 is 0. The number of aromatic nitrogens is 1. The number of ether oxygens (including phenoxy) is 1. The second kappa shape index (κ2) is 6.12. The van der Waals surface area contributed by atoms with Gasteiger partial charge in [0.15, 0.2) is 0 Å². The molecule has 1 heterocycles. The molecule has 0 aliphatic carbocycles. The molecule has 5 N–H and O–H groups in total. The largest absolute Gasteiger partial charge is 0.494 e. The van der Waals surface area contributed by atoms with E-state index < -0.39 is 0 Å². The smallest absolute Gasteiger partial charge is 0.272 e. The highest BCUT2D eigenvalue weighted by Gasteiger charge is 2.10. The standard InChI is InChI=1S/C14H17N3O3/c1-2-20-13-4-3-11(5-9(13)8-18)17-14(19)12-6-10(15)7-16-12/h3-7,16,18H,2,8,15H2,1H3,(H,17,19). The molecule has 2 aromatic rings. The Hall–Kier alpha value is -2.47. The lowest BCUT2D eigenvalue weighted by atomic mass is 10.2. The first-order valence-electron chi connectivity index (χ1n) is 6.26. The van der Waals surface area contributed by atoms with E-state index in [1.54, 1.807) is 30.5 Å². The van der Waals surface area contributed by atoms with Crippen molar-refractivity contribution < 1.29 is 14.6 Å². The molecule has 0 spiro atoms. The predicted octanol–water partition coefficient (Wildman–Crippen LogP) is 1.74. The molecule has 0 aliphatic heterocycles. The number of aromatic amines is 1. The Bertz CT molecular complexity index is 607. The van der Waals surface area contributed by atoms with Crippen LogP contribution >= 0.6 is 0 Å². The zero-order valence-corrected chi connectivity index (χ0v) is 11.1. The maximum atomic E-state index is 11.9. The zero-order chi connectivity index (χ0) is 14.5. The molecule has 6 nitrogen and oxygen atoms in total. The van der Waals surface area contributed by atoms with Crippen molar-refractivity contribution in [3.05, 3.63) is 41.7 Å². The summed E-state index contributed by atoms with van der Waals surface area (Å²) in [7, 11) is 0. The fourth-order valence-corrected chi connectivity index (χ4v) is 1.82. The monoisotopic (exact) mass is 275 g/mol. The van der Waals surface area contributed by atoms with Gasteiger partial charge in [-0.2, -0.15) is 0 Å². The van der Waals surface area contributed by atoms with Crippen molar-refractivity contribution in [3.8, 4) is 5.75 Å². The molecular weight excluding hydrogens is 258 g/mol. The lowest BCUT2D eigenvalue weighted by molar-refractivity contribution is 0.102. The van der Waals surface area contributed by atoms with Crippen LogP contribution in [0.15, 0.2) is 30.5 Å². The molecule has 1 aromatic heterocycles. The van der Waals surface area contributed by atoms with Crippen LogP contribution in [0.2, 0.25) is 0 Å². The molecule has 0 unspecified atom stereocenters. The first-order chi connectivity index (χ1) is 9.63. The number of aliphatic hydroxyl groups excluding tert-OH is 1. The van der Waals surface area contributed by atoms with Gasteiger partial charge in [0.25, 0.3) is 5.91 Å². The molecule has 0 atom stereocenters. The number of nitrogen functional groups attached to an aromatic ring is 1. The highest BCUT2D eigenvalue weighted by molar-refractivity contribution is 6.03. The predicted molar refractivity (Wildman–Crippen MR) is 76.7 cm³/mol. The van der Waals surface area contributed by atoms with E-state index in [0.29, 0.717) is 35.0 Å². The Morgan fingerprint density at radius 3 is 2.85 bits per heavy atom. The van der Waals surface area contributed by atoms with Gasteiger partial charge in [-0.1, -0.05) is 0 Å². The second-order valence-electron chi connectivity index (χ2n) is 4.21. The number of anilines is 2. The molecular formula is C14H17N3O3. The van der Waals surface area contributed by atoms with E-state index in [0.717, 1.165) is 0 Å². The van der Waals surface area contributed by atoms with Crippen LogP contribution in [-0.4, -0.2) is 22.6 Å². The minimum Gasteiger partial charge on any atom is -0.494 e. The van der Waals surface area contributed by atoms with Crippen molar-refractivity contribution in [3.63, 3.8) is 0 Å². The lowest BCUT2D eigenvalue weighted by Gasteiger charge is -2.11. The van der Waals surface area contributed by atoms with E-state index in [2.05, 4.69) is 10.3 Å². The Balaban J connectivity index is 2.15. The van der Waals surface area contributed by atoms with Gasteiger partial charge in [0.1, 0.15) is 11.4 Å². The summed E-state index contributed by atoms with van der Waals surface area (Å²) < 4.78 is 5.38. The van der Waals surface area contributed by atoms with Gasteiger partial charge in [-0.25, -0.2) is 0 Å². The molecule has 0 aliphatic rings. The van der Waals surface area contributed by atoms with Crippen LogP contribution in [0, 0.1) is 0 Å². The average Bonchev–Trinajstić information content (AvgIpc) is 2.87. The number of carbonyl (C=O) groups is 1. The topological polar surface area (TPSA) is 100 Å². The molecule has 0 bridgehead atoms. The number of amides is 1. The summed E-state index contributed by atoms with van der Waals surface area (Å²) in [6.07, 6.45) is 1.55. The van der Waals surface area contributed by atoms with Crippen LogP contribution < -0.4 is 15.8 Å². The Morgan fingerprint density at radius 2 is 2.25 bits per heavy atom. The first-order valence-corrected chi connectivity index (χ1v) is 6.26. The number of hydrogen-bond acceptors (Lipinski definition) is 4. The number of benzene rings is 1. The fraction of sp³-hybridized carbons (Fsp3) is 0.214. The fourth-order valence-electron chi connectivity index (χ4n) is 1.82. The number of hydrogen-bond donors (Lipinski definition) is 4. The molecule has 0 radical (unpaired) electrons. The summed E-state index contributed by atoms with van der Waals surface area (Å²) in [5, 5.41) is 12.0. The van der Waals surface area contributed by atoms with E-state index in [9.17, 15) is 9.90 Å². The third kappa shape index (κ3) is 3.10. The zero-order valence-electron chi connectivity index (χ0n) is 11.1. The number of carbonyl (C=O) groups excluding carboxylic acids is 1. The maximum Gasteiger partial charge on any atom is 0.272 e. The minimum atomic E-state index is -0.297. The normalized spacial score (nSPS) is 10.3. The first kappa shape index (κ1) is 14.0. The number of aliphatic hydroxyl groups is 1. The molecule has 0 saturated heterocycles. The van der Waals surface area contributed by atoms with E-state index in [1.165, 1.54) is 0 Å². The summed E-state index contributed by atoms with van der Waals surface area (Å²) in [6, 6.07) is 6.66. The minimum absolute atomic E-state index is 0.158. The Labute approximate surface area is 116 Å². The van der Waals surface area contributed by atoms with Crippen LogP contribution in [0.5, 0.6) is 5.75 Å². The van der Waals surface area contributed by atoms with Crippen molar-refractivity contribution in [2.24, 2.45) is 0 Å². The SMILES string of the molecule is CCOc1ccc(NC(=O)c2cc(N)c[nH]2)cc1CO. The molecule has 0 fully saturated rings. The summed E-state index contributed by atoms with van der Waals surface area (Å²) in [5.74, 6) is 0.312. The van der Waals surface area contributed by atoms with Gasteiger partial charge < -0.3 is 25.9 Å². The number of nitrogens with two attached hydrogens (primary N) is 1. The Kier molecular flexibility index (Phi) is 4.27. The third-order valence-corrected chi connectivity index (χ3v) is 2.74. The van der Waals surface area contributed by atoms with Crippen molar-refractivity contribution in [1.82, 2.24) is 4.98 Å². The van der Waals surface area contributed by atoms with Crippen molar-refractivity contribution in [2.45, 2.75) is 13.5 Å². The number of nitrogens with one attached hydrogen (secondary N) is 2. The summed E-state index contributed by atoms with van der Waals surface area (Å²) in [6.45, 7) is 2.22. The average molecular weight is 275 g/mol. The molecule has 2 rings (SSSR count). The molecule has 1 amide bonds. The number of H-pyrrole nitrogens is 1. The van der Waals surface area contributed by atoms with E-state index in [-0.39, 0.29) is 12.5 Å². The van der Waals surface area contributed by atoms with Crippen LogP contribution in [-0.2, 0) is 6.61 Å². The van der Waals surface area contributed by atoms with E-state index in [1.807, 2.05) is 6.92 Å². The van der Waals surface area contributed by atoms with Crippen molar-refractivity contribution in [2.75, 3.05) is 17.7 Å². The highest BCUT2D eigenvalue weighted by atomic mass is 16.5. The van der Waals surface area contributed by atoms with Gasteiger partial charge in [0.05, 0.1) is 13.2 Å².